The second-order valence-corrected chi connectivity index (χ2v) is 7.45. The molecular formula is C15H23NO3S. The van der Waals surface area contributed by atoms with Crippen molar-refractivity contribution < 1.29 is 13.5 Å². The van der Waals surface area contributed by atoms with E-state index in [1.165, 1.54) is 12.5 Å². The van der Waals surface area contributed by atoms with Crippen molar-refractivity contribution in [3.8, 4) is 0 Å². The van der Waals surface area contributed by atoms with Crippen LogP contribution >= 0.6 is 0 Å². The van der Waals surface area contributed by atoms with Gasteiger partial charge in [-0.05, 0) is 42.9 Å². The van der Waals surface area contributed by atoms with Crippen molar-refractivity contribution in [3.05, 3.63) is 29.8 Å². The van der Waals surface area contributed by atoms with Crippen LogP contribution in [0.2, 0.25) is 0 Å². The van der Waals surface area contributed by atoms with Crippen molar-refractivity contribution in [1.29, 1.82) is 0 Å². The quantitative estimate of drug-likeness (QED) is 0.839. The Balaban J connectivity index is 2.10. The lowest BCUT2D eigenvalue weighted by Crippen LogP contribution is -2.34. The van der Waals surface area contributed by atoms with Crippen LogP contribution in [-0.2, 0) is 16.6 Å². The van der Waals surface area contributed by atoms with E-state index in [1.54, 1.807) is 18.2 Å². The molecule has 2 rings (SSSR count). The maximum Gasteiger partial charge on any atom is 0.240 e. The highest BCUT2D eigenvalue weighted by Gasteiger charge is 2.22. The topological polar surface area (TPSA) is 66.4 Å². The molecule has 0 saturated heterocycles. The fourth-order valence-electron chi connectivity index (χ4n) is 2.70. The Kier molecular flexibility index (Phi) is 5.18. The summed E-state index contributed by atoms with van der Waals surface area (Å²) < 4.78 is 27.6. The minimum absolute atomic E-state index is 0.0303. The SMILES string of the molecule is CC1CCCC(NS(=O)(=O)c2cccc(CO)c2)CC1. The third kappa shape index (κ3) is 4.04. The summed E-state index contributed by atoms with van der Waals surface area (Å²) in [6.45, 7) is 2.08. The molecule has 4 nitrogen and oxygen atoms in total. The summed E-state index contributed by atoms with van der Waals surface area (Å²) in [7, 11) is -3.49. The smallest absolute Gasteiger partial charge is 0.240 e. The first-order valence-corrected chi connectivity index (χ1v) is 8.71. The van der Waals surface area contributed by atoms with Gasteiger partial charge in [0.05, 0.1) is 11.5 Å². The summed E-state index contributed by atoms with van der Waals surface area (Å²) >= 11 is 0. The molecule has 1 aromatic rings. The summed E-state index contributed by atoms with van der Waals surface area (Å²) in [5.74, 6) is 0.683. The largest absolute Gasteiger partial charge is 0.392 e. The zero-order valence-corrected chi connectivity index (χ0v) is 12.7. The van der Waals surface area contributed by atoms with E-state index in [9.17, 15) is 8.42 Å². The van der Waals surface area contributed by atoms with Crippen LogP contribution in [0.5, 0.6) is 0 Å². The van der Waals surface area contributed by atoms with Crippen molar-refractivity contribution in [1.82, 2.24) is 4.72 Å². The lowest BCUT2D eigenvalue weighted by molar-refractivity contribution is 0.281. The van der Waals surface area contributed by atoms with Gasteiger partial charge in [-0.15, -0.1) is 0 Å². The van der Waals surface area contributed by atoms with Crippen LogP contribution in [0.4, 0.5) is 0 Å². The minimum Gasteiger partial charge on any atom is -0.392 e. The molecular weight excluding hydrogens is 274 g/mol. The first-order valence-electron chi connectivity index (χ1n) is 7.23. The third-order valence-corrected chi connectivity index (χ3v) is 5.49. The van der Waals surface area contributed by atoms with Gasteiger partial charge in [0.1, 0.15) is 0 Å². The molecule has 0 amide bonds. The number of rotatable bonds is 4. The van der Waals surface area contributed by atoms with Gasteiger partial charge in [-0.3, -0.25) is 0 Å². The number of aliphatic hydroxyl groups is 1. The molecule has 1 aromatic carbocycles. The molecule has 0 aliphatic heterocycles. The van der Waals surface area contributed by atoms with E-state index < -0.39 is 10.0 Å². The zero-order valence-electron chi connectivity index (χ0n) is 11.9. The van der Waals surface area contributed by atoms with Gasteiger partial charge in [-0.2, -0.15) is 0 Å². The maximum absolute atomic E-state index is 12.4. The number of aliphatic hydroxyl groups excluding tert-OH is 1. The first-order chi connectivity index (χ1) is 9.51. The number of benzene rings is 1. The van der Waals surface area contributed by atoms with Crippen molar-refractivity contribution in [2.24, 2.45) is 5.92 Å². The predicted octanol–water partition coefficient (Wildman–Crippen LogP) is 2.43. The third-order valence-electron chi connectivity index (χ3n) is 3.97. The molecule has 0 radical (unpaired) electrons. The van der Waals surface area contributed by atoms with E-state index >= 15 is 0 Å². The summed E-state index contributed by atoms with van der Waals surface area (Å²) in [6, 6.07) is 6.51. The predicted molar refractivity (Wildman–Crippen MR) is 78.7 cm³/mol. The van der Waals surface area contributed by atoms with Crippen LogP contribution in [0.1, 0.15) is 44.6 Å². The Hall–Kier alpha value is -0.910. The fraction of sp³-hybridized carbons (Fsp3) is 0.600. The molecule has 20 heavy (non-hydrogen) atoms. The van der Waals surface area contributed by atoms with E-state index in [1.807, 2.05) is 0 Å². The Labute approximate surface area is 121 Å². The minimum atomic E-state index is -3.49. The summed E-state index contributed by atoms with van der Waals surface area (Å²) in [5.41, 5.74) is 0.613. The van der Waals surface area contributed by atoms with Crippen LogP contribution in [0, 0.1) is 5.92 Å². The van der Waals surface area contributed by atoms with E-state index in [0.29, 0.717) is 11.5 Å². The molecule has 1 saturated carbocycles. The molecule has 2 atom stereocenters. The zero-order chi connectivity index (χ0) is 14.6. The van der Waals surface area contributed by atoms with Crippen LogP contribution < -0.4 is 4.72 Å². The van der Waals surface area contributed by atoms with Gasteiger partial charge in [0.25, 0.3) is 0 Å². The van der Waals surface area contributed by atoms with Gasteiger partial charge in [0.15, 0.2) is 0 Å². The summed E-state index contributed by atoms with van der Waals surface area (Å²) in [6.07, 6.45) is 5.14. The maximum atomic E-state index is 12.4. The average molecular weight is 297 g/mol. The molecule has 0 aromatic heterocycles. The van der Waals surface area contributed by atoms with E-state index in [0.717, 1.165) is 25.7 Å². The second-order valence-electron chi connectivity index (χ2n) is 5.74. The van der Waals surface area contributed by atoms with Crippen molar-refractivity contribution in [3.63, 3.8) is 0 Å². The van der Waals surface area contributed by atoms with E-state index in [4.69, 9.17) is 5.11 Å². The standard InChI is InChI=1S/C15H23NO3S/c1-12-4-2-6-14(9-8-12)16-20(18,19)15-7-3-5-13(10-15)11-17/h3,5,7,10,12,14,16-17H,2,4,6,8-9,11H2,1H3. The van der Waals surface area contributed by atoms with Gasteiger partial charge in [-0.1, -0.05) is 31.9 Å². The monoisotopic (exact) mass is 297 g/mol. The molecule has 0 spiro atoms. The average Bonchev–Trinajstić information content (AvgIpc) is 2.63. The fourth-order valence-corrected chi connectivity index (χ4v) is 4.08. The molecule has 2 unspecified atom stereocenters. The van der Waals surface area contributed by atoms with Crippen LogP contribution in [0.3, 0.4) is 0 Å². The Bertz CT molecular complexity index is 542. The number of hydrogen-bond donors (Lipinski definition) is 2. The lowest BCUT2D eigenvalue weighted by atomic mass is 10.0. The van der Waals surface area contributed by atoms with Gasteiger partial charge >= 0.3 is 0 Å². The highest BCUT2D eigenvalue weighted by molar-refractivity contribution is 7.89. The molecule has 1 aliphatic rings. The van der Waals surface area contributed by atoms with Gasteiger partial charge in [-0.25, -0.2) is 13.1 Å². The molecule has 2 N–H and O–H groups in total. The van der Waals surface area contributed by atoms with Crippen molar-refractivity contribution in [2.45, 2.75) is 56.6 Å². The van der Waals surface area contributed by atoms with Gasteiger partial charge < -0.3 is 5.11 Å². The lowest BCUT2D eigenvalue weighted by Gasteiger charge is -2.17. The number of hydrogen-bond acceptors (Lipinski definition) is 3. The van der Waals surface area contributed by atoms with Crippen LogP contribution in [-0.4, -0.2) is 19.6 Å². The molecule has 0 bridgehead atoms. The summed E-state index contributed by atoms with van der Waals surface area (Å²) in [5, 5.41) is 9.10. The second kappa shape index (κ2) is 6.70. The van der Waals surface area contributed by atoms with Crippen LogP contribution in [0.15, 0.2) is 29.2 Å². The highest BCUT2D eigenvalue weighted by Crippen LogP contribution is 2.24. The Morgan fingerprint density at radius 3 is 2.80 bits per heavy atom. The molecule has 1 fully saturated rings. The van der Waals surface area contributed by atoms with E-state index in [2.05, 4.69) is 11.6 Å². The molecule has 5 heteroatoms. The van der Waals surface area contributed by atoms with E-state index in [-0.39, 0.29) is 17.5 Å². The summed E-state index contributed by atoms with van der Waals surface area (Å²) in [4.78, 5) is 0.237. The number of nitrogens with one attached hydrogen (secondary N) is 1. The van der Waals surface area contributed by atoms with Gasteiger partial charge in [0.2, 0.25) is 10.0 Å². The highest BCUT2D eigenvalue weighted by atomic mass is 32.2. The molecule has 0 heterocycles. The molecule has 112 valence electrons. The van der Waals surface area contributed by atoms with Gasteiger partial charge in [0, 0.05) is 6.04 Å². The van der Waals surface area contributed by atoms with Crippen molar-refractivity contribution in [2.75, 3.05) is 0 Å². The first kappa shape index (κ1) is 15.5. The normalized spacial score (nSPS) is 24.3. The van der Waals surface area contributed by atoms with Crippen LogP contribution in [0.25, 0.3) is 0 Å². The Morgan fingerprint density at radius 2 is 2.05 bits per heavy atom. The Morgan fingerprint density at radius 1 is 1.25 bits per heavy atom. The number of sulfonamides is 1. The molecule has 1 aliphatic carbocycles. The van der Waals surface area contributed by atoms with Crippen molar-refractivity contribution >= 4 is 10.0 Å².